The quantitative estimate of drug-likeness (QED) is 0.458. The Morgan fingerprint density at radius 3 is 2.44 bits per heavy atom. The highest BCUT2D eigenvalue weighted by molar-refractivity contribution is 8.00. The van der Waals surface area contributed by atoms with Crippen molar-refractivity contribution in [1.82, 2.24) is 4.98 Å². The number of benzene rings is 2. The number of hydrogen-bond acceptors (Lipinski definition) is 4. The van der Waals surface area contributed by atoms with Crippen molar-refractivity contribution in [2.45, 2.75) is 5.03 Å². The topological polar surface area (TPSA) is 53.8 Å². The first-order chi connectivity index (χ1) is 12.2. The zero-order chi connectivity index (χ0) is 17.6. The van der Waals surface area contributed by atoms with Crippen LogP contribution in [0.3, 0.4) is 0 Å². The lowest BCUT2D eigenvalue weighted by molar-refractivity contribution is 0.102. The molecule has 0 bridgehead atoms. The molecule has 3 aromatic rings. The summed E-state index contributed by atoms with van der Waals surface area (Å²) >= 11 is 7.11. The van der Waals surface area contributed by atoms with E-state index in [0.29, 0.717) is 21.2 Å². The summed E-state index contributed by atoms with van der Waals surface area (Å²) in [5, 5.41) is 10.4. The van der Waals surface area contributed by atoms with E-state index in [1.165, 1.54) is 11.8 Å². The van der Waals surface area contributed by atoms with E-state index in [-0.39, 0.29) is 11.5 Å². The van der Waals surface area contributed by atoms with Crippen LogP contribution in [0.5, 0.6) is 0 Å². The molecule has 25 heavy (non-hydrogen) atoms. The minimum atomic E-state index is -0.0301. The number of ketones is 1. The lowest BCUT2D eigenvalue weighted by Gasteiger charge is -2.07. The van der Waals surface area contributed by atoms with E-state index in [2.05, 4.69) is 11.1 Å². The number of pyridine rings is 1. The molecule has 1 heterocycles. The highest BCUT2D eigenvalue weighted by Crippen LogP contribution is 2.26. The van der Waals surface area contributed by atoms with Gasteiger partial charge >= 0.3 is 0 Å². The number of hydrogen-bond donors (Lipinski definition) is 0. The lowest BCUT2D eigenvalue weighted by Crippen LogP contribution is -2.03. The summed E-state index contributed by atoms with van der Waals surface area (Å²) in [6.07, 6.45) is 0. The van der Waals surface area contributed by atoms with Crippen LogP contribution in [0.15, 0.2) is 71.8 Å². The van der Waals surface area contributed by atoms with E-state index >= 15 is 0 Å². The van der Waals surface area contributed by atoms with Gasteiger partial charge in [0.25, 0.3) is 0 Å². The summed E-state index contributed by atoms with van der Waals surface area (Å²) in [4.78, 5) is 16.9. The van der Waals surface area contributed by atoms with Gasteiger partial charge in [0, 0.05) is 16.1 Å². The normalized spacial score (nSPS) is 10.2. The van der Waals surface area contributed by atoms with Crippen molar-refractivity contribution in [1.29, 1.82) is 5.26 Å². The summed E-state index contributed by atoms with van der Waals surface area (Å²) in [7, 11) is 0. The molecule has 0 fully saturated rings. The first kappa shape index (κ1) is 17.2. The molecule has 122 valence electrons. The van der Waals surface area contributed by atoms with Crippen molar-refractivity contribution in [3.05, 3.63) is 82.9 Å². The van der Waals surface area contributed by atoms with Crippen molar-refractivity contribution in [3.63, 3.8) is 0 Å². The number of carbonyl (C=O) groups is 1. The van der Waals surface area contributed by atoms with Crippen LogP contribution in [0.4, 0.5) is 0 Å². The van der Waals surface area contributed by atoms with E-state index in [1.54, 1.807) is 30.3 Å². The number of nitriles is 1. The second kappa shape index (κ2) is 7.98. The molecule has 0 unspecified atom stereocenters. The fourth-order valence-corrected chi connectivity index (χ4v) is 3.25. The summed E-state index contributed by atoms with van der Waals surface area (Å²) < 4.78 is 0. The predicted octanol–water partition coefficient (Wildman–Crippen LogP) is 5.25. The number of nitrogens with zero attached hydrogens (tertiary/aromatic N) is 2. The summed E-state index contributed by atoms with van der Waals surface area (Å²) in [6.45, 7) is 0. The van der Waals surface area contributed by atoms with Crippen LogP contribution < -0.4 is 0 Å². The Bertz CT molecular complexity index is 934. The Morgan fingerprint density at radius 2 is 1.76 bits per heavy atom. The van der Waals surface area contributed by atoms with Crippen molar-refractivity contribution in [3.8, 4) is 17.3 Å². The van der Waals surface area contributed by atoms with Gasteiger partial charge in [0.1, 0.15) is 11.1 Å². The maximum atomic E-state index is 12.3. The minimum absolute atomic E-state index is 0.0301. The minimum Gasteiger partial charge on any atom is -0.293 e. The molecule has 0 aliphatic carbocycles. The fraction of sp³-hybridized carbons (Fsp3) is 0.0500. The number of thioether (sulfide) groups is 1. The van der Waals surface area contributed by atoms with Gasteiger partial charge in [-0.3, -0.25) is 4.79 Å². The van der Waals surface area contributed by atoms with Gasteiger partial charge in [-0.05, 0) is 36.4 Å². The lowest BCUT2D eigenvalue weighted by atomic mass is 10.1. The van der Waals surface area contributed by atoms with E-state index in [9.17, 15) is 10.1 Å². The Labute approximate surface area is 155 Å². The summed E-state index contributed by atoms with van der Waals surface area (Å²) in [6, 6.07) is 22.2. The molecule has 0 aliphatic rings. The van der Waals surface area contributed by atoms with E-state index < -0.39 is 0 Å². The molecule has 0 spiro atoms. The highest BCUT2D eigenvalue weighted by atomic mass is 35.5. The number of halogens is 1. The molecule has 0 saturated carbocycles. The molecule has 0 radical (unpaired) electrons. The zero-order valence-electron chi connectivity index (χ0n) is 13.1. The van der Waals surface area contributed by atoms with Gasteiger partial charge in [-0.25, -0.2) is 4.98 Å². The van der Waals surface area contributed by atoms with Crippen LogP contribution in [0.25, 0.3) is 11.3 Å². The van der Waals surface area contributed by atoms with Crippen molar-refractivity contribution in [2.75, 3.05) is 5.75 Å². The van der Waals surface area contributed by atoms with Crippen molar-refractivity contribution >= 4 is 29.1 Å². The number of aromatic nitrogens is 1. The second-order valence-corrected chi connectivity index (χ2v) is 6.65. The van der Waals surface area contributed by atoms with E-state index in [1.807, 2.05) is 36.4 Å². The van der Waals surface area contributed by atoms with Crippen LogP contribution in [-0.2, 0) is 0 Å². The first-order valence-electron chi connectivity index (χ1n) is 7.55. The van der Waals surface area contributed by atoms with Crippen LogP contribution in [0.1, 0.15) is 15.9 Å². The molecule has 3 rings (SSSR count). The number of carbonyl (C=O) groups excluding carboxylic acids is 1. The van der Waals surface area contributed by atoms with Gasteiger partial charge in [0.15, 0.2) is 5.78 Å². The molecule has 0 saturated heterocycles. The average Bonchev–Trinajstić information content (AvgIpc) is 2.67. The van der Waals surface area contributed by atoms with Crippen LogP contribution in [0.2, 0.25) is 5.02 Å². The Morgan fingerprint density at radius 1 is 1.04 bits per heavy atom. The monoisotopic (exact) mass is 364 g/mol. The average molecular weight is 365 g/mol. The molecule has 0 N–H and O–H groups in total. The van der Waals surface area contributed by atoms with Gasteiger partial charge in [-0.2, -0.15) is 5.26 Å². The van der Waals surface area contributed by atoms with Gasteiger partial charge in [0.2, 0.25) is 0 Å². The van der Waals surface area contributed by atoms with Gasteiger partial charge < -0.3 is 0 Å². The highest BCUT2D eigenvalue weighted by Gasteiger charge is 2.12. The number of Topliss-reactive ketones (excluding diaryl/α,β-unsaturated/α-hetero) is 1. The molecule has 2 aromatic carbocycles. The van der Waals surface area contributed by atoms with E-state index in [0.717, 1.165) is 11.3 Å². The van der Waals surface area contributed by atoms with Crippen molar-refractivity contribution in [2.24, 2.45) is 0 Å². The fourth-order valence-electron chi connectivity index (χ4n) is 2.26. The van der Waals surface area contributed by atoms with Gasteiger partial charge in [0.05, 0.1) is 17.0 Å². The van der Waals surface area contributed by atoms with Crippen LogP contribution in [0, 0.1) is 11.3 Å². The Balaban J connectivity index is 1.80. The maximum absolute atomic E-state index is 12.3. The van der Waals surface area contributed by atoms with Gasteiger partial charge in [-0.1, -0.05) is 53.7 Å². The summed E-state index contributed by atoms with van der Waals surface area (Å²) in [5.41, 5.74) is 2.81. The molecule has 0 aliphatic heterocycles. The molecular formula is C20H13ClN2OS. The maximum Gasteiger partial charge on any atom is 0.173 e. The van der Waals surface area contributed by atoms with Crippen molar-refractivity contribution < 1.29 is 4.79 Å². The SMILES string of the molecule is N#Cc1ccc(-c2ccccc2)nc1SCC(=O)c1ccc(Cl)cc1. The zero-order valence-corrected chi connectivity index (χ0v) is 14.7. The molecule has 0 atom stereocenters. The first-order valence-corrected chi connectivity index (χ1v) is 8.92. The Kier molecular flexibility index (Phi) is 5.49. The summed E-state index contributed by atoms with van der Waals surface area (Å²) in [5.74, 6) is 0.180. The predicted molar refractivity (Wildman–Crippen MR) is 101 cm³/mol. The molecular weight excluding hydrogens is 352 g/mol. The van der Waals surface area contributed by atoms with E-state index in [4.69, 9.17) is 11.6 Å². The second-order valence-electron chi connectivity index (χ2n) is 5.25. The number of rotatable bonds is 5. The molecule has 3 nitrogen and oxygen atoms in total. The van der Waals surface area contributed by atoms with Gasteiger partial charge in [-0.15, -0.1) is 0 Å². The molecule has 1 aromatic heterocycles. The standard InChI is InChI=1S/C20H13ClN2OS/c21-17-9-6-15(7-10-17)19(24)13-25-20-16(12-22)8-11-18(23-20)14-4-2-1-3-5-14/h1-11H,13H2. The smallest absolute Gasteiger partial charge is 0.173 e. The third-order valence-electron chi connectivity index (χ3n) is 3.56. The molecule has 0 amide bonds. The van der Waals surface area contributed by atoms with Crippen LogP contribution >= 0.6 is 23.4 Å². The Hall–Kier alpha value is -2.61. The molecule has 5 heteroatoms. The third kappa shape index (κ3) is 4.27. The van der Waals surface area contributed by atoms with Crippen LogP contribution in [-0.4, -0.2) is 16.5 Å². The third-order valence-corrected chi connectivity index (χ3v) is 4.80. The largest absolute Gasteiger partial charge is 0.293 e.